The van der Waals surface area contributed by atoms with Gasteiger partial charge in [-0.2, -0.15) is 0 Å². The summed E-state index contributed by atoms with van der Waals surface area (Å²) in [5, 5.41) is 5.33. The summed E-state index contributed by atoms with van der Waals surface area (Å²) in [5.41, 5.74) is 3.30. The fourth-order valence-corrected chi connectivity index (χ4v) is 5.13. The quantitative estimate of drug-likeness (QED) is 0.498. The Hall–Kier alpha value is -2.38. The SMILES string of the molecule is CCC(C)N(CCNC(=O)C1CCN(c2nc3ccc(C)cc3[nH]2)CC1)Cc1cccs1. The Labute approximate surface area is 195 Å². The van der Waals surface area contributed by atoms with Gasteiger partial charge in [-0.15, -0.1) is 11.3 Å². The molecule has 1 amide bonds. The number of aromatic nitrogens is 2. The van der Waals surface area contributed by atoms with E-state index < -0.39 is 0 Å². The number of nitrogens with zero attached hydrogens (tertiary/aromatic N) is 3. The van der Waals surface area contributed by atoms with Crippen molar-refractivity contribution < 1.29 is 4.79 Å². The molecule has 1 aliphatic rings. The summed E-state index contributed by atoms with van der Waals surface area (Å²) in [7, 11) is 0. The monoisotopic (exact) mass is 453 g/mol. The fourth-order valence-electron chi connectivity index (χ4n) is 4.40. The zero-order chi connectivity index (χ0) is 22.5. The highest BCUT2D eigenvalue weighted by Gasteiger charge is 2.26. The summed E-state index contributed by atoms with van der Waals surface area (Å²) in [6.07, 6.45) is 2.84. The van der Waals surface area contributed by atoms with E-state index in [0.29, 0.717) is 12.6 Å². The highest BCUT2D eigenvalue weighted by Crippen LogP contribution is 2.24. The van der Waals surface area contributed by atoms with Gasteiger partial charge >= 0.3 is 0 Å². The average Bonchev–Trinajstić information content (AvgIpc) is 3.47. The Kier molecular flexibility index (Phi) is 7.48. The van der Waals surface area contributed by atoms with E-state index in [4.69, 9.17) is 4.98 Å². The van der Waals surface area contributed by atoms with E-state index in [1.165, 1.54) is 10.4 Å². The van der Waals surface area contributed by atoms with Crippen LogP contribution in [0.1, 0.15) is 43.6 Å². The van der Waals surface area contributed by atoms with Gasteiger partial charge in [0, 0.05) is 49.6 Å². The van der Waals surface area contributed by atoms with Gasteiger partial charge in [-0.05, 0) is 62.3 Å². The molecule has 0 aliphatic carbocycles. The Morgan fingerprint density at radius 2 is 2.16 bits per heavy atom. The van der Waals surface area contributed by atoms with Gasteiger partial charge in [-0.25, -0.2) is 4.98 Å². The average molecular weight is 454 g/mol. The number of amides is 1. The maximum atomic E-state index is 12.8. The van der Waals surface area contributed by atoms with Crippen LogP contribution in [0.25, 0.3) is 11.0 Å². The van der Waals surface area contributed by atoms with Crippen molar-refractivity contribution >= 4 is 34.2 Å². The molecule has 1 unspecified atom stereocenters. The van der Waals surface area contributed by atoms with Crippen LogP contribution in [0, 0.1) is 12.8 Å². The molecule has 0 radical (unpaired) electrons. The Morgan fingerprint density at radius 1 is 1.34 bits per heavy atom. The van der Waals surface area contributed by atoms with Crippen LogP contribution in [0.3, 0.4) is 0 Å². The number of imidazole rings is 1. The maximum Gasteiger partial charge on any atom is 0.223 e. The molecule has 0 spiro atoms. The van der Waals surface area contributed by atoms with E-state index in [1.54, 1.807) is 11.3 Å². The van der Waals surface area contributed by atoms with E-state index in [2.05, 4.69) is 76.6 Å². The molecule has 1 aromatic carbocycles. The van der Waals surface area contributed by atoms with Crippen LogP contribution >= 0.6 is 11.3 Å². The van der Waals surface area contributed by atoms with Crippen molar-refractivity contribution in [3.63, 3.8) is 0 Å². The highest BCUT2D eigenvalue weighted by molar-refractivity contribution is 7.09. The minimum absolute atomic E-state index is 0.0900. The van der Waals surface area contributed by atoms with Gasteiger partial charge < -0.3 is 15.2 Å². The molecule has 172 valence electrons. The lowest BCUT2D eigenvalue weighted by molar-refractivity contribution is -0.125. The van der Waals surface area contributed by atoms with Crippen molar-refractivity contribution in [1.82, 2.24) is 20.2 Å². The number of nitrogens with one attached hydrogen (secondary N) is 2. The largest absolute Gasteiger partial charge is 0.355 e. The van der Waals surface area contributed by atoms with Crippen molar-refractivity contribution in [3.8, 4) is 0 Å². The van der Waals surface area contributed by atoms with Crippen LogP contribution in [0.15, 0.2) is 35.7 Å². The Bertz CT molecular complexity index is 1010. The Balaban J connectivity index is 1.24. The van der Waals surface area contributed by atoms with Crippen molar-refractivity contribution in [3.05, 3.63) is 46.2 Å². The lowest BCUT2D eigenvalue weighted by atomic mass is 9.96. The number of hydrogen-bond donors (Lipinski definition) is 2. The third-order valence-electron chi connectivity index (χ3n) is 6.64. The number of anilines is 1. The van der Waals surface area contributed by atoms with Crippen molar-refractivity contribution in [1.29, 1.82) is 0 Å². The van der Waals surface area contributed by atoms with Crippen LogP contribution < -0.4 is 10.2 Å². The van der Waals surface area contributed by atoms with Gasteiger partial charge in [0.25, 0.3) is 0 Å². The number of benzene rings is 1. The maximum absolute atomic E-state index is 12.8. The molecule has 4 rings (SSSR count). The molecule has 1 aliphatic heterocycles. The molecule has 1 fully saturated rings. The summed E-state index contributed by atoms with van der Waals surface area (Å²) in [4.78, 5) is 27.1. The Morgan fingerprint density at radius 3 is 2.88 bits per heavy atom. The molecule has 2 N–H and O–H groups in total. The molecular formula is C25H35N5OS. The number of rotatable bonds is 9. The van der Waals surface area contributed by atoms with Gasteiger partial charge in [0.15, 0.2) is 0 Å². The van der Waals surface area contributed by atoms with Crippen molar-refractivity contribution in [2.45, 2.75) is 52.6 Å². The fraction of sp³-hybridized carbons (Fsp3) is 0.520. The van der Waals surface area contributed by atoms with Crippen molar-refractivity contribution in [2.75, 3.05) is 31.1 Å². The molecule has 6 nitrogen and oxygen atoms in total. The molecule has 32 heavy (non-hydrogen) atoms. The summed E-state index contributed by atoms with van der Waals surface area (Å²) in [6.45, 7) is 10.8. The first-order valence-corrected chi connectivity index (χ1v) is 12.7. The van der Waals surface area contributed by atoms with E-state index in [1.807, 2.05) is 0 Å². The molecule has 2 aromatic heterocycles. The lowest BCUT2D eigenvalue weighted by Crippen LogP contribution is -2.44. The summed E-state index contributed by atoms with van der Waals surface area (Å²) >= 11 is 1.80. The molecule has 3 heterocycles. The summed E-state index contributed by atoms with van der Waals surface area (Å²) in [6, 6.07) is 11.1. The standard InChI is InChI=1S/C25H35N5OS/c1-4-19(3)30(17-21-6-5-15-32-21)14-11-26-24(31)20-9-12-29(13-10-20)25-27-22-8-7-18(2)16-23(22)28-25/h5-8,15-16,19-20H,4,9-14,17H2,1-3H3,(H,26,31)(H,27,28). The first-order valence-electron chi connectivity index (χ1n) is 11.8. The second-order valence-corrected chi connectivity index (χ2v) is 9.97. The molecule has 0 bridgehead atoms. The smallest absolute Gasteiger partial charge is 0.223 e. The van der Waals surface area contributed by atoms with Gasteiger partial charge in [0.2, 0.25) is 11.9 Å². The number of carbonyl (C=O) groups is 1. The van der Waals surface area contributed by atoms with Crippen LogP contribution in [0.2, 0.25) is 0 Å². The van der Waals surface area contributed by atoms with Gasteiger partial charge in [0.05, 0.1) is 11.0 Å². The molecular weight excluding hydrogens is 418 g/mol. The highest BCUT2D eigenvalue weighted by atomic mass is 32.1. The molecule has 1 saturated heterocycles. The molecule has 3 aromatic rings. The van der Waals surface area contributed by atoms with Gasteiger partial charge in [-0.1, -0.05) is 19.1 Å². The first-order chi connectivity index (χ1) is 15.5. The zero-order valence-electron chi connectivity index (χ0n) is 19.4. The minimum atomic E-state index is 0.0900. The molecule has 7 heteroatoms. The topological polar surface area (TPSA) is 64.3 Å². The van der Waals surface area contributed by atoms with Crippen LogP contribution in [-0.4, -0.2) is 53.0 Å². The predicted molar refractivity (Wildman–Crippen MR) is 133 cm³/mol. The van der Waals surface area contributed by atoms with Crippen molar-refractivity contribution in [2.24, 2.45) is 5.92 Å². The third kappa shape index (κ3) is 5.51. The van der Waals surface area contributed by atoms with E-state index in [0.717, 1.165) is 62.4 Å². The minimum Gasteiger partial charge on any atom is -0.355 e. The normalized spacial score (nSPS) is 16.1. The van der Waals surface area contributed by atoms with Gasteiger partial charge in [0.1, 0.15) is 0 Å². The number of aryl methyl sites for hydroxylation is 1. The lowest BCUT2D eigenvalue weighted by Gasteiger charge is -2.31. The first kappa shape index (κ1) is 22.8. The van der Waals surface area contributed by atoms with Crippen LogP contribution in [0.5, 0.6) is 0 Å². The van der Waals surface area contributed by atoms with Crippen LogP contribution in [-0.2, 0) is 11.3 Å². The number of H-pyrrole nitrogens is 1. The van der Waals surface area contributed by atoms with Crippen LogP contribution in [0.4, 0.5) is 5.95 Å². The number of fused-ring (bicyclic) bond motifs is 1. The van der Waals surface area contributed by atoms with E-state index >= 15 is 0 Å². The van der Waals surface area contributed by atoms with E-state index in [-0.39, 0.29) is 11.8 Å². The third-order valence-corrected chi connectivity index (χ3v) is 7.50. The number of carbonyl (C=O) groups excluding carboxylic acids is 1. The number of aromatic amines is 1. The summed E-state index contributed by atoms with van der Waals surface area (Å²) < 4.78 is 0. The summed E-state index contributed by atoms with van der Waals surface area (Å²) in [5.74, 6) is 1.21. The predicted octanol–water partition coefficient (Wildman–Crippen LogP) is 4.57. The van der Waals surface area contributed by atoms with Gasteiger partial charge in [-0.3, -0.25) is 9.69 Å². The van der Waals surface area contributed by atoms with E-state index in [9.17, 15) is 4.79 Å². The second kappa shape index (κ2) is 10.5. The molecule has 1 atom stereocenters. The number of hydrogen-bond acceptors (Lipinski definition) is 5. The number of thiophene rings is 1. The second-order valence-electron chi connectivity index (χ2n) is 8.94. The number of piperidine rings is 1. The molecule has 0 saturated carbocycles. The zero-order valence-corrected chi connectivity index (χ0v) is 20.3.